The van der Waals surface area contributed by atoms with Crippen LogP contribution in [0.25, 0.3) is 0 Å². The lowest BCUT2D eigenvalue weighted by atomic mass is 10.2. The van der Waals surface area contributed by atoms with Crippen molar-refractivity contribution in [3.05, 3.63) is 0 Å². The maximum absolute atomic E-state index is 9.77. The number of carbonyl (C=O) groups is 5. The summed E-state index contributed by atoms with van der Waals surface area (Å²) in [5.74, 6) is -7.07. The average molecular weight is 330 g/mol. The lowest BCUT2D eigenvalue weighted by Gasteiger charge is -2.07. The van der Waals surface area contributed by atoms with Crippen molar-refractivity contribution in [3.8, 4) is 0 Å². The number of aliphatic hydroxyl groups excluding tert-OH is 4. The van der Waals surface area contributed by atoms with Gasteiger partial charge in [-0.2, -0.15) is 0 Å². The molecule has 0 aromatic heterocycles. The Labute approximate surface area is 121 Å². The molecule has 0 saturated carbocycles. The highest BCUT2D eigenvalue weighted by atomic mass is 16.4. The van der Waals surface area contributed by atoms with E-state index in [2.05, 4.69) is 0 Å². The molecule has 0 aliphatic heterocycles. The second kappa shape index (κ2) is 12.2. The molecule has 0 aliphatic rings. The zero-order valence-electron chi connectivity index (χ0n) is 10.6. The molecule has 8 N–H and O–H groups in total. The molecule has 22 heavy (non-hydrogen) atoms. The Kier molecular flexibility index (Phi) is 13.5. The Morgan fingerprint density at radius 2 is 0.591 bits per heavy atom. The summed E-state index contributed by atoms with van der Waals surface area (Å²) in [7, 11) is 0. The second-order valence-electron chi connectivity index (χ2n) is 3.13. The number of hydrogen-bond donors (Lipinski definition) is 8. The third kappa shape index (κ3) is 10.2. The Morgan fingerprint density at radius 3 is 0.636 bits per heavy atom. The first-order valence-corrected chi connectivity index (χ1v) is 4.85. The number of hydrogen-bond acceptors (Lipinski definition) is 9. The summed E-state index contributed by atoms with van der Waals surface area (Å²) < 4.78 is 0. The summed E-state index contributed by atoms with van der Waals surface area (Å²) in [6.45, 7) is 2.00. The third-order valence-corrected chi connectivity index (χ3v) is 1.61. The van der Waals surface area contributed by atoms with Crippen molar-refractivity contribution in [2.45, 2.75) is 24.4 Å². The SMILES string of the molecule is C=O.O=C(O)C(O)C(O)C(=O)O.O=C(O)C(O)C(O)C(=O)O. The smallest absolute Gasteiger partial charge is 0.335 e. The van der Waals surface area contributed by atoms with Crippen molar-refractivity contribution in [2.24, 2.45) is 0 Å². The average Bonchev–Trinajstić information content (AvgIpc) is 2.46. The normalized spacial score (nSPS) is 14.5. The van der Waals surface area contributed by atoms with Gasteiger partial charge in [0.15, 0.2) is 24.4 Å². The van der Waals surface area contributed by atoms with E-state index in [1.54, 1.807) is 0 Å². The zero-order valence-corrected chi connectivity index (χ0v) is 10.6. The van der Waals surface area contributed by atoms with Crippen LogP contribution in [0.1, 0.15) is 0 Å². The fourth-order valence-corrected chi connectivity index (χ4v) is 0.540. The van der Waals surface area contributed by atoms with Crippen molar-refractivity contribution in [3.63, 3.8) is 0 Å². The van der Waals surface area contributed by atoms with E-state index in [4.69, 9.17) is 45.6 Å². The number of carboxylic acid groups (broad SMARTS) is 4. The van der Waals surface area contributed by atoms with Gasteiger partial charge in [-0.05, 0) is 0 Å². The Bertz CT molecular complexity index is 319. The molecule has 13 nitrogen and oxygen atoms in total. The van der Waals surface area contributed by atoms with Crippen LogP contribution in [0.15, 0.2) is 0 Å². The Hall–Kier alpha value is -2.61. The molecule has 0 bridgehead atoms. The lowest BCUT2D eigenvalue weighted by molar-refractivity contribution is -0.165. The van der Waals surface area contributed by atoms with Gasteiger partial charge in [-0.1, -0.05) is 0 Å². The predicted molar refractivity (Wildman–Crippen MR) is 61.7 cm³/mol. The molecule has 0 amide bonds. The molecular weight excluding hydrogens is 316 g/mol. The minimum Gasteiger partial charge on any atom is -0.479 e. The van der Waals surface area contributed by atoms with Crippen LogP contribution in [0.5, 0.6) is 0 Å². The van der Waals surface area contributed by atoms with Crippen LogP contribution in [-0.4, -0.2) is 95.9 Å². The second-order valence-corrected chi connectivity index (χ2v) is 3.13. The van der Waals surface area contributed by atoms with Crippen LogP contribution in [0.3, 0.4) is 0 Å². The van der Waals surface area contributed by atoms with Crippen LogP contribution in [0.4, 0.5) is 0 Å². The van der Waals surface area contributed by atoms with Crippen molar-refractivity contribution >= 4 is 30.7 Å². The van der Waals surface area contributed by atoms with Crippen molar-refractivity contribution in [1.82, 2.24) is 0 Å². The molecule has 0 aliphatic carbocycles. The molecule has 0 saturated heterocycles. The molecule has 0 spiro atoms. The number of carboxylic acids is 4. The van der Waals surface area contributed by atoms with E-state index < -0.39 is 48.3 Å². The largest absolute Gasteiger partial charge is 0.479 e. The molecule has 0 radical (unpaired) electrons. The highest BCUT2D eigenvalue weighted by molar-refractivity contribution is 5.83. The summed E-state index contributed by atoms with van der Waals surface area (Å²) in [5.41, 5.74) is 0. The molecule has 4 atom stereocenters. The van der Waals surface area contributed by atoms with E-state index in [-0.39, 0.29) is 0 Å². The van der Waals surface area contributed by atoms with Gasteiger partial charge in [0.05, 0.1) is 0 Å². The number of aliphatic hydroxyl groups is 4. The molecule has 0 aromatic carbocycles. The van der Waals surface area contributed by atoms with Crippen LogP contribution < -0.4 is 0 Å². The molecule has 0 aromatic rings. The first-order valence-electron chi connectivity index (χ1n) is 4.85. The fourth-order valence-electron chi connectivity index (χ4n) is 0.540. The zero-order chi connectivity index (χ0) is 18.6. The number of carbonyl (C=O) groups excluding carboxylic acids is 1. The Balaban J connectivity index is -0.000000294. The van der Waals surface area contributed by atoms with Crippen molar-refractivity contribution in [2.75, 3.05) is 0 Å². The van der Waals surface area contributed by atoms with Crippen LogP contribution >= 0.6 is 0 Å². The highest BCUT2D eigenvalue weighted by Crippen LogP contribution is 1.93. The minimum atomic E-state index is -2.27. The van der Waals surface area contributed by atoms with Gasteiger partial charge >= 0.3 is 23.9 Å². The van der Waals surface area contributed by atoms with Gasteiger partial charge in [0.2, 0.25) is 0 Å². The monoisotopic (exact) mass is 330 g/mol. The van der Waals surface area contributed by atoms with Gasteiger partial charge in [0.25, 0.3) is 0 Å². The van der Waals surface area contributed by atoms with Gasteiger partial charge < -0.3 is 45.6 Å². The molecule has 128 valence electrons. The molecule has 0 heterocycles. The summed E-state index contributed by atoms with van der Waals surface area (Å²) in [6, 6.07) is 0. The fraction of sp³-hybridized carbons (Fsp3) is 0.444. The van der Waals surface area contributed by atoms with Crippen LogP contribution in [0.2, 0.25) is 0 Å². The van der Waals surface area contributed by atoms with E-state index in [1.165, 1.54) is 0 Å². The number of rotatable bonds is 6. The molecular formula is C9H14O13. The van der Waals surface area contributed by atoms with Gasteiger partial charge in [-0.3, -0.25) is 0 Å². The first-order chi connectivity index (χ1) is 9.93. The Morgan fingerprint density at radius 1 is 0.500 bits per heavy atom. The predicted octanol–water partition coefficient (Wildman–Crippen LogP) is -4.43. The van der Waals surface area contributed by atoms with Gasteiger partial charge in [-0.25, -0.2) is 19.2 Å². The van der Waals surface area contributed by atoms with E-state index >= 15 is 0 Å². The summed E-state index contributed by atoms with van der Waals surface area (Å²) in [6.07, 6.45) is -9.06. The van der Waals surface area contributed by atoms with E-state index in [1.807, 2.05) is 6.79 Å². The van der Waals surface area contributed by atoms with Crippen LogP contribution in [-0.2, 0) is 24.0 Å². The minimum absolute atomic E-state index is 1.77. The topological polar surface area (TPSA) is 247 Å². The van der Waals surface area contributed by atoms with E-state index in [0.717, 1.165) is 0 Å². The highest BCUT2D eigenvalue weighted by Gasteiger charge is 2.30. The first kappa shape index (κ1) is 24.4. The maximum atomic E-state index is 9.77. The lowest BCUT2D eigenvalue weighted by Crippen LogP contribution is -2.39. The van der Waals surface area contributed by atoms with Gasteiger partial charge in [0.1, 0.15) is 6.79 Å². The van der Waals surface area contributed by atoms with E-state index in [9.17, 15) is 19.2 Å². The number of aliphatic carboxylic acids is 4. The van der Waals surface area contributed by atoms with Crippen molar-refractivity contribution < 1.29 is 64.8 Å². The van der Waals surface area contributed by atoms with Crippen molar-refractivity contribution in [1.29, 1.82) is 0 Å². The van der Waals surface area contributed by atoms with Crippen LogP contribution in [0, 0.1) is 0 Å². The molecule has 13 heteroatoms. The van der Waals surface area contributed by atoms with Gasteiger partial charge in [0, 0.05) is 0 Å². The molecule has 4 unspecified atom stereocenters. The maximum Gasteiger partial charge on any atom is 0.335 e. The quantitative estimate of drug-likeness (QED) is 0.229. The summed E-state index contributed by atoms with van der Waals surface area (Å²) in [5, 5.41) is 65.1. The third-order valence-electron chi connectivity index (χ3n) is 1.61. The molecule has 0 fully saturated rings. The standard InChI is InChI=1S/2C4H6O6.CH2O/c2*5-1(3(7)8)2(6)4(9)10;1-2/h2*1-2,5-6H,(H,7,8)(H,9,10);1H2. The summed E-state index contributed by atoms with van der Waals surface area (Å²) in [4.78, 5) is 47.1. The van der Waals surface area contributed by atoms with E-state index in [0.29, 0.717) is 0 Å². The molecule has 0 rings (SSSR count). The van der Waals surface area contributed by atoms with Gasteiger partial charge in [-0.15, -0.1) is 0 Å². The summed E-state index contributed by atoms with van der Waals surface area (Å²) >= 11 is 0.